The van der Waals surface area contributed by atoms with Crippen LogP contribution >= 0.6 is 0 Å². The van der Waals surface area contributed by atoms with Crippen LogP contribution in [0.15, 0.2) is 48.5 Å². The average Bonchev–Trinajstić information content (AvgIpc) is 3.13. The fraction of sp³-hybridized carbons (Fsp3) is 0.300. The van der Waals surface area contributed by atoms with Gasteiger partial charge in [-0.2, -0.15) is 0 Å². The normalized spacial score (nSPS) is 12.3. The zero-order valence-electron chi connectivity index (χ0n) is 15.2. The molecule has 2 aromatic carbocycles. The third-order valence-corrected chi connectivity index (χ3v) is 5.19. The first-order valence-electron chi connectivity index (χ1n) is 8.80. The van der Waals surface area contributed by atoms with Crippen molar-refractivity contribution < 1.29 is 0 Å². The molecule has 0 saturated carbocycles. The number of rotatable bonds is 5. The summed E-state index contributed by atoms with van der Waals surface area (Å²) < 4.78 is 4.20. The summed E-state index contributed by atoms with van der Waals surface area (Å²) in [6.07, 6.45) is 1.19. The number of nitrogens with zero attached hydrogens (tertiary/aromatic N) is 4. The number of hydrogen-bond donors (Lipinski definition) is 2. The lowest BCUT2D eigenvalue weighted by atomic mass is 9.91. The Bertz CT molecular complexity index is 992. The van der Waals surface area contributed by atoms with E-state index in [2.05, 4.69) is 21.3 Å². The van der Waals surface area contributed by atoms with Gasteiger partial charge in [0.15, 0.2) is 0 Å². The van der Waals surface area contributed by atoms with E-state index in [1.54, 1.807) is 0 Å². The second-order valence-electron chi connectivity index (χ2n) is 7.07. The minimum atomic E-state index is -0.607. The maximum absolute atomic E-state index is 6.71. The van der Waals surface area contributed by atoms with Crippen molar-refractivity contribution in [3.05, 3.63) is 60.2 Å². The van der Waals surface area contributed by atoms with Crippen LogP contribution in [0.3, 0.4) is 0 Å². The van der Waals surface area contributed by atoms with Crippen molar-refractivity contribution in [3.63, 3.8) is 0 Å². The van der Waals surface area contributed by atoms with Gasteiger partial charge < -0.3 is 20.6 Å². The van der Waals surface area contributed by atoms with Crippen LogP contribution < -0.4 is 11.5 Å². The molecular formula is C20H24N6. The summed E-state index contributed by atoms with van der Waals surface area (Å²) in [6.45, 7) is 0.361. The Balaban J connectivity index is 1.67. The lowest BCUT2D eigenvalue weighted by Crippen LogP contribution is -2.51. The van der Waals surface area contributed by atoms with Gasteiger partial charge >= 0.3 is 0 Å². The molecule has 134 valence electrons. The van der Waals surface area contributed by atoms with Crippen LogP contribution in [0, 0.1) is 0 Å². The molecule has 0 aliphatic heterocycles. The molecule has 6 heteroatoms. The predicted molar refractivity (Wildman–Crippen MR) is 105 cm³/mol. The molecule has 0 bridgehead atoms. The molecule has 4 N–H and O–H groups in total. The van der Waals surface area contributed by atoms with Gasteiger partial charge in [0, 0.05) is 39.0 Å². The van der Waals surface area contributed by atoms with Gasteiger partial charge in [-0.15, -0.1) is 0 Å². The van der Waals surface area contributed by atoms with Crippen molar-refractivity contribution in [2.45, 2.75) is 18.4 Å². The van der Waals surface area contributed by atoms with E-state index in [9.17, 15) is 0 Å². The van der Waals surface area contributed by atoms with Crippen LogP contribution in [0.25, 0.3) is 22.1 Å². The Hall–Kier alpha value is -2.70. The fourth-order valence-corrected chi connectivity index (χ4v) is 3.54. The average molecular weight is 348 g/mol. The van der Waals surface area contributed by atoms with E-state index in [4.69, 9.17) is 21.4 Å². The molecule has 4 rings (SSSR count). The van der Waals surface area contributed by atoms with Gasteiger partial charge in [0.2, 0.25) is 0 Å². The number of hydrogen-bond acceptors (Lipinski definition) is 4. The highest BCUT2D eigenvalue weighted by atomic mass is 15.1. The summed E-state index contributed by atoms with van der Waals surface area (Å²) in [7, 11) is 4.05. The number of para-hydroxylation sites is 4. The number of benzene rings is 2. The molecule has 2 heterocycles. The molecule has 0 spiro atoms. The summed E-state index contributed by atoms with van der Waals surface area (Å²) in [5, 5.41) is 0. The maximum atomic E-state index is 6.71. The second kappa shape index (κ2) is 6.23. The lowest BCUT2D eigenvalue weighted by Gasteiger charge is -2.27. The maximum Gasteiger partial charge on any atom is 0.111 e. The van der Waals surface area contributed by atoms with Gasteiger partial charge in [0.1, 0.15) is 11.6 Å². The minimum absolute atomic E-state index is 0.361. The zero-order valence-corrected chi connectivity index (χ0v) is 15.2. The van der Waals surface area contributed by atoms with Crippen LogP contribution in [0.2, 0.25) is 0 Å². The highest BCUT2D eigenvalue weighted by Crippen LogP contribution is 2.22. The van der Waals surface area contributed by atoms with Gasteiger partial charge in [-0.1, -0.05) is 24.3 Å². The topological polar surface area (TPSA) is 87.7 Å². The summed E-state index contributed by atoms with van der Waals surface area (Å²) >= 11 is 0. The van der Waals surface area contributed by atoms with E-state index < -0.39 is 5.54 Å². The van der Waals surface area contributed by atoms with Crippen molar-refractivity contribution in [1.82, 2.24) is 19.1 Å². The monoisotopic (exact) mass is 348 g/mol. The highest BCUT2D eigenvalue weighted by Gasteiger charge is 2.29. The van der Waals surface area contributed by atoms with Gasteiger partial charge in [0.25, 0.3) is 0 Å². The zero-order chi connectivity index (χ0) is 18.3. The molecule has 0 unspecified atom stereocenters. The smallest absolute Gasteiger partial charge is 0.111 e. The molecule has 0 atom stereocenters. The summed E-state index contributed by atoms with van der Waals surface area (Å²) in [5.41, 5.74) is 16.4. The standard InChI is InChI=1S/C20H24N6/c1-25-16-9-5-3-7-14(16)23-18(25)11-20(22,13-21)12-19-24-15-8-4-6-10-17(15)26(19)2/h3-10H,11-13,21-22H2,1-2H3. The van der Waals surface area contributed by atoms with Gasteiger partial charge in [-0.05, 0) is 24.3 Å². The Kier molecular flexibility index (Phi) is 4.01. The summed E-state index contributed by atoms with van der Waals surface area (Å²) in [5.74, 6) is 1.89. The first-order valence-corrected chi connectivity index (χ1v) is 8.80. The van der Waals surface area contributed by atoms with E-state index in [0.29, 0.717) is 19.4 Å². The largest absolute Gasteiger partial charge is 0.331 e. The molecule has 6 nitrogen and oxygen atoms in total. The highest BCUT2D eigenvalue weighted by molar-refractivity contribution is 5.76. The van der Waals surface area contributed by atoms with Crippen LogP contribution in [-0.2, 0) is 26.9 Å². The lowest BCUT2D eigenvalue weighted by molar-refractivity contribution is 0.404. The Morgan fingerprint density at radius 3 is 1.62 bits per heavy atom. The second-order valence-corrected chi connectivity index (χ2v) is 7.07. The van der Waals surface area contributed by atoms with Gasteiger partial charge in [-0.25, -0.2) is 9.97 Å². The van der Waals surface area contributed by atoms with Crippen LogP contribution in [0.4, 0.5) is 0 Å². The van der Waals surface area contributed by atoms with E-state index in [-0.39, 0.29) is 0 Å². The number of imidazole rings is 2. The summed E-state index contributed by atoms with van der Waals surface area (Å²) in [6, 6.07) is 16.2. The third-order valence-electron chi connectivity index (χ3n) is 5.19. The van der Waals surface area contributed by atoms with Gasteiger partial charge in [-0.3, -0.25) is 0 Å². The SMILES string of the molecule is Cn1c(CC(N)(CN)Cc2nc3ccccc3n2C)nc2ccccc21. The minimum Gasteiger partial charge on any atom is -0.331 e. The molecule has 0 radical (unpaired) electrons. The van der Waals surface area contributed by atoms with Crippen molar-refractivity contribution in [2.24, 2.45) is 25.6 Å². The molecule has 2 aromatic heterocycles. The van der Waals surface area contributed by atoms with Crippen molar-refractivity contribution in [1.29, 1.82) is 0 Å². The van der Waals surface area contributed by atoms with Crippen LogP contribution in [-0.4, -0.2) is 31.2 Å². The predicted octanol–water partition coefficient (Wildman–Crippen LogP) is 1.90. The molecule has 0 amide bonds. The quantitative estimate of drug-likeness (QED) is 0.577. The summed E-state index contributed by atoms with van der Waals surface area (Å²) in [4.78, 5) is 9.50. The van der Waals surface area contributed by atoms with Crippen LogP contribution in [0.5, 0.6) is 0 Å². The fourth-order valence-electron chi connectivity index (χ4n) is 3.54. The molecule has 0 fully saturated rings. The number of aryl methyl sites for hydroxylation is 2. The molecule has 4 aromatic rings. The third kappa shape index (κ3) is 2.77. The van der Waals surface area contributed by atoms with Crippen LogP contribution in [0.1, 0.15) is 11.6 Å². The molecular weight excluding hydrogens is 324 g/mol. The molecule has 0 aliphatic carbocycles. The van der Waals surface area contributed by atoms with E-state index >= 15 is 0 Å². The van der Waals surface area contributed by atoms with Gasteiger partial charge in [0.05, 0.1) is 22.1 Å². The Morgan fingerprint density at radius 2 is 1.23 bits per heavy atom. The number of nitrogens with two attached hydrogens (primary N) is 2. The van der Waals surface area contributed by atoms with Crippen molar-refractivity contribution >= 4 is 22.1 Å². The Morgan fingerprint density at radius 1 is 0.808 bits per heavy atom. The van der Waals surface area contributed by atoms with E-state index in [1.807, 2.05) is 50.5 Å². The number of aromatic nitrogens is 4. The molecule has 0 aliphatic rings. The number of fused-ring (bicyclic) bond motifs is 2. The molecule has 26 heavy (non-hydrogen) atoms. The molecule has 0 saturated heterocycles. The Labute approximate surface area is 152 Å². The van der Waals surface area contributed by atoms with Crippen molar-refractivity contribution in [2.75, 3.05) is 6.54 Å². The van der Waals surface area contributed by atoms with Crippen molar-refractivity contribution in [3.8, 4) is 0 Å². The van der Waals surface area contributed by atoms with E-state index in [0.717, 1.165) is 33.7 Å². The first kappa shape index (κ1) is 16.8. The van der Waals surface area contributed by atoms with E-state index in [1.165, 1.54) is 0 Å². The first-order chi connectivity index (χ1) is 12.5.